The summed E-state index contributed by atoms with van der Waals surface area (Å²) in [5.74, 6) is 1.97. The Balaban J connectivity index is 1.42. The van der Waals surface area contributed by atoms with Crippen molar-refractivity contribution in [2.75, 3.05) is 13.2 Å². The van der Waals surface area contributed by atoms with Crippen molar-refractivity contribution in [3.8, 4) is 22.5 Å². The number of aromatic nitrogens is 6. The van der Waals surface area contributed by atoms with Crippen LogP contribution in [-0.2, 0) is 38.4 Å². The molecule has 0 radical (unpaired) electrons. The third kappa shape index (κ3) is 8.76. The van der Waals surface area contributed by atoms with Crippen molar-refractivity contribution in [3.05, 3.63) is 77.4 Å². The van der Waals surface area contributed by atoms with Gasteiger partial charge >= 0.3 is 12.1 Å². The molecule has 2 heterocycles. The van der Waals surface area contributed by atoms with Gasteiger partial charge in [0.05, 0.1) is 17.5 Å². The van der Waals surface area contributed by atoms with E-state index in [9.17, 15) is 9.59 Å². The second-order valence-electron chi connectivity index (χ2n) is 12.8. The molecule has 1 aliphatic rings. The normalized spacial score (nSPS) is 15.4. The van der Waals surface area contributed by atoms with Gasteiger partial charge < -0.3 is 18.8 Å². The largest absolute Gasteiger partial charge is 0.508 e. The number of ether oxygens (including phenoxy) is 3. The van der Waals surface area contributed by atoms with E-state index in [1.165, 1.54) is 0 Å². The molecule has 0 saturated heterocycles. The van der Waals surface area contributed by atoms with Gasteiger partial charge in [-0.05, 0) is 78.8 Å². The van der Waals surface area contributed by atoms with Crippen molar-refractivity contribution < 1.29 is 23.8 Å². The number of carbonyl (C=O) groups is 2. The number of hydrogen-bond acceptors (Lipinski definition) is 9. The number of carbonyl (C=O) groups excluding carboxylic acids is 2. The number of fused-ring (bicyclic) bond motifs is 1. The van der Waals surface area contributed by atoms with Crippen molar-refractivity contribution in [2.24, 2.45) is 11.8 Å². The van der Waals surface area contributed by atoms with Crippen LogP contribution >= 0.6 is 0 Å². The van der Waals surface area contributed by atoms with Gasteiger partial charge in [-0.15, -0.1) is 10.2 Å². The summed E-state index contributed by atoms with van der Waals surface area (Å²) in [6, 6.07) is 16.6. The quantitative estimate of drug-likeness (QED) is 0.0686. The lowest BCUT2D eigenvalue weighted by molar-refractivity contribution is -0.139. The molecule has 0 bridgehead atoms. The maximum atomic E-state index is 13.2. The minimum absolute atomic E-state index is 0.0561. The van der Waals surface area contributed by atoms with Crippen LogP contribution in [0, 0.1) is 11.8 Å². The molecule has 0 aliphatic heterocycles. The Morgan fingerprint density at radius 2 is 1.77 bits per heavy atom. The zero-order valence-electron chi connectivity index (χ0n) is 28.6. The number of benzene rings is 2. The summed E-state index contributed by atoms with van der Waals surface area (Å²) in [5, 5.41) is 14.6. The number of tetrazole rings is 1. The summed E-state index contributed by atoms with van der Waals surface area (Å²) in [7, 11) is 0. The molecule has 2 aromatic carbocycles. The minimum Gasteiger partial charge on any atom is -0.459 e. The number of rotatable bonds is 13. The van der Waals surface area contributed by atoms with Gasteiger partial charge in [-0.2, -0.15) is 5.21 Å². The van der Waals surface area contributed by atoms with E-state index >= 15 is 0 Å². The summed E-state index contributed by atoms with van der Waals surface area (Å²) in [6.07, 6.45) is 6.10. The van der Waals surface area contributed by atoms with E-state index in [-0.39, 0.29) is 19.3 Å². The number of nitrogens with one attached hydrogen (secondary N) is 1. The third-order valence-corrected chi connectivity index (χ3v) is 8.64. The van der Waals surface area contributed by atoms with Crippen LogP contribution < -0.4 is 0 Å². The van der Waals surface area contributed by atoms with Gasteiger partial charge in [-0.1, -0.05) is 75.7 Å². The third-order valence-electron chi connectivity index (χ3n) is 8.64. The summed E-state index contributed by atoms with van der Waals surface area (Å²) >= 11 is 0. The van der Waals surface area contributed by atoms with Gasteiger partial charge in [0, 0.05) is 24.6 Å². The first kappa shape index (κ1) is 34.5. The number of nitrogens with zero attached hydrogens (tertiary/aromatic N) is 5. The summed E-state index contributed by atoms with van der Waals surface area (Å²) in [5.41, 5.74) is 7.11. The first-order valence-electron chi connectivity index (χ1n) is 16.9. The fraction of sp³-hybridized carbons (Fsp3) is 0.459. The number of unbranched alkanes of at least 4 members (excludes halogenated alkanes) is 1. The van der Waals surface area contributed by atoms with Crippen LogP contribution in [0.3, 0.4) is 0 Å². The average molecular weight is 655 g/mol. The van der Waals surface area contributed by atoms with Crippen LogP contribution in [0.2, 0.25) is 0 Å². The zero-order valence-corrected chi connectivity index (χ0v) is 28.6. The molecule has 0 amide bonds. The van der Waals surface area contributed by atoms with Crippen LogP contribution in [0.25, 0.3) is 28.1 Å². The van der Waals surface area contributed by atoms with Crippen LogP contribution in [0.1, 0.15) is 83.1 Å². The molecule has 0 spiro atoms. The maximum Gasteiger partial charge on any atom is 0.508 e. The van der Waals surface area contributed by atoms with E-state index in [0.717, 1.165) is 83.6 Å². The second kappa shape index (κ2) is 16.3. The Hall–Kier alpha value is -4.80. The fourth-order valence-corrected chi connectivity index (χ4v) is 6.14. The summed E-state index contributed by atoms with van der Waals surface area (Å²) in [4.78, 5) is 30.0. The number of esters is 1. The predicted molar refractivity (Wildman–Crippen MR) is 183 cm³/mol. The molecule has 1 N–H and O–H groups in total. The number of imidazole rings is 1. The summed E-state index contributed by atoms with van der Waals surface area (Å²) in [6.45, 7) is 10.6. The molecule has 48 heavy (non-hydrogen) atoms. The highest BCUT2D eigenvalue weighted by Gasteiger charge is 2.28. The first-order valence-corrected chi connectivity index (χ1v) is 16.9. The SMILES string of the molecule is CCCCc1nc2c(n1Cc1ccc(-c3ccccc3-c3nn[nH]n3)cc1)C(=CC(=O)OCCOC(=O)OC(C)C)CC(C(C)C)CC2. The van der Waals surface area contributed by atoms with Gasteiger partial charge in [0.25, 0.3) is 0 Å². The van der Waals surface area contributed by atoms with Crippen LogP contribution in [0.15, 0.2) is 54.6 Å². The highest BCUT2D eigenvalue weighted by Crippen LogP contribution is 2.38. The first-order chi connectivity index (χ1) is 23.2. The highest BCUT2D eigenvalue weighted by molar-refractivity contribution is 5.91. The molecular formula is C37H46N6O5. The van der Waals surface area contributed by atoms with Crippen molar-refractivity contribution in [2.45, 2.75) is 85.8 Å². The molecule has 1 aliphatic carbocycles. The van der Waals surface area contributed by atoms with E-state index in [4.69, 9.17) is 19.2 Å². The Morgan fingerprint density at radius 3 is 2.46 bits per heavy atom. The van der Waals surface area contributed by atoms with Gasteiger partial charge in [-0.3, -0.25) is 0 Å². The van der Waals surface area contributed by atoms with Gasteiger partial charge in [0.1, 0.15) is 19.0 Å². The van der Waals surface area contributed by atoms with E-state index in [0.29, 0.717) is 24.2 Å². The topological polar surface area (TPSA) is 134 Å². The van der Waals surface area contributed by atoms with Crippen molar-refractivity contribution in [1.29, 1.82) is 0 Å². The number of aromatic amines is 1. The molecule has 254 valence electrons. The zero-order chi connectivity index (χ0) is 34.0. The fourth-order valence-electron chi connectivity index (χ4n) is 6.14. The monoisotopic (exact) mass is 654 g/mol. The van der Waals surface area contributed by atoms with E-state index in [1.807, 2.05) is 18.2 Å². The molecule has 11 heteroatoms. The van der Waals surface area contributed by atoms with E-state index in [1.54, 1.807) is 19.9 Å². The summed E-state index contributed by atoms with van der Waals surface area (Å²) < 4.78 is 17.8. The Bertz CT molecular complexity index is 1690. The molecule has 4 aromatic rings. The molecule has 1 atom stereocenters. The lowest BCUT2D eigenvalue weighted by Gasteiger charge is -2.21. The molecule has 5 rings (SSSR count). The average Bonchev–Trinajstić information content (AvgIpc) is 3.68. The standard InChI is InChI=1S/C37H46N6O5/c1-6-7-12-33-38-32-18-17-28(24(2)3)21-29(22-34(44)46-19-20-47-37(45)48-25(4)5)35(32)43(33)23-26-13-15-27(16-14-26)30-10-8-9-11-31(30)36-39-41-42-40-36/h8-11,13-16,22,24-25,28H,6-7,12,17-21,23H2,1-5H3,(H,39,40,41,42). The molecule has 0 saturated carbocycles. The number of H-pyrrole nitrogens is 1. The van der Waals surface area contributed by atoms with E-state index in [2.05, 4.69) is 76.3 Å². The Labute approximate surface area is 282 Å². The molecular weight excluding hydrogens is 608 g/mol. The Morgan fingerprint density at radius 1 is 1.02 bits per heavy atom. The molecule has 1 unspecified atom stereocenters. The second-order valence-corrected chi connectivity index (χ2v) is 12.8. The van der Waals surface area contributed by atoms with Crippen molar-refractivity contribution >= 4 is 17.7 Å². The van der Waals surface area contributed by atoms with E-state index < -0.39 is 12.1 Å². The number of allylic oxidation sites excluding steroid dienone is 1. The smallest absolute Gasteiger partial charge is 0.459 e. The lowest BCUT2D eigenvalue weighted by atomic mass is 9.87. The lowest BCUT2D eigenvalue weighted by Crippen LogP contribution is -2.17. The van der Waals surface area contributed by atoms with Gasteiger partial charge in [-0.25, -0.2) is 14.6 Å². The van der Waals surface area contributed by atoms with Crippen molar-refractivity contribution in [1.82, 2.24) is 30.2 Å². The predicted octanol–water partition coefficient (Wildman–Crippen LogP) is 7.22. The molecule has 11 nitrogen and oxygen atoms in total. The highest BCUT2D eigenvalue weighted by atomic mass is 16.7. The van der Waals surface area contributed by atoms with Crippen LogP contribution in [0.5, 0.6) is 0 Å². The Kier molecular flexibility index (Phi) is 11.8. The number of hydrogen-bond donors (Lipinski definition) is 1. The van der Waals surface area contributed by atoms with Crippen molar-refractivity contribution in [3.63, 3.8) is 0 Å². The van der Waals surface area contributed by atoms with Crippen LogP contribution in [0.4, 0.5) is 4.79 Å². The molecule has 0 fully saturated rings. The van der Waals surface area contributed by atoms with Gasteiger partial charge in [0.15, 0.2) is 0 Å². The minimum atomic E-state index is -0.777. The molecule has 2 aromatic heterocycles. The number of aryl methyl sites for hydroxylation is 2. The van der Waals surface area contributed by atoms with Crippen LogP contribution in [-0.4, -0.2) is 61.6 Å². The van der Waals surface area contributed by atoms with Gasteiger partial charge in [0.2, 0.25) is 5.82 Å². The maximum absolute atomic E-state index is 13.2.